The molecule has 0 saturated heterocycles. The first-order valence-corrected chi connectivity index (χ1v) is 7.13. The topological polar surface area (TPSA) is 119 Å². The third-order valence-corrected chi connectivity index (χ3v) is 3.16. The first-order chi connectivity index (χ1) is 10.8. The Kier molecular flexibility index (Phi) is 7.46. The number of aliphatic carboxylic acids is 1. The summed E-state index contributed by atoms with van der Waals surface area (Å²) >= 11 is 0. The molecule has 23 heavy (non-hydrogen) atoms. The minimum atomic E-state index is -1.33. The second kappa shape index (κ2) is 9.09. The van der Waals surface area contributed by atoms with E-state index in [9.17, 15) is 19.8 Å². The minimum absolute atomic E-state index is 0.00946. The van der Waals surface area contributed by atoms with Crippen LogP contribution in [0.15, 0.2) is 30.3 Å². The molecule has 1 amide bonds. The predicted octanol–water partition coefficient (Wildman–Crippen LogP) is 0.345. The van der Waals surface area contributed by atoms with Crippen molar-refractivity contribution >= 4 is 12.1 Å². The Bertz CT molecular complexity index is 498. The molecule has 0 aliphatic carbocycles. The van der Waals surface area contributed by atoms with Crippen LogP contribution in [0.3, 0.4) is 0 Å². The number of carboxylic acids is 1. The monoisotopic (exact) mass is 326 g/mol. The number of hydrogen-bond donors (Lipinski definition) is 4. The molecular weight excluding hydrogens is 304 g/mol. The molecule has 3 atom stereocenters. The molecule has 8 nitrogen and oxygen atoms in total. The largest absolute Gasteiger partial charge is 0.480 e. The zero-order chi connectivity index (χ0) is 17.4. The molecule has 1 aromatic carbocycles. The van der Waals surface area contributed by atoms with Crippen LogP contribution in [0.5, 0.6) is 0 Å². The Morgan fingerprint density at radius 1 is 1.17 bits per heavy atom. The van der Waals surface area contributed by atoms with Crippen molar-refractivity contribution in [1.82, 2.24) is 10.2 Å². The van der Waals surface area contributed by atoms with Crippen LogP contribution in [-0.2, 0) is 16.1 Å². The number of aliphatic hydroxyl groups excluding tert-OH is 2. The van der Waals surface area contributed by atoms with E-state index in [1.165, 1.54) is 13.8 Å². The van der Waals surface area contributed by atoms with Gasteiger partial charge in [-0.05, 0) is 19.4 Å². The average molecular weight is 326 g/mol. The molecule has 0 radical (unpaired) electrons. The van der Waals surface area contributed by atoms with Gasteiger partial charge in [0.05, 0.1) is 0 Å². The Balaban J connectivity index is 2.57. The van der Waals surface area contributed by atoms with E-state index in [0.29, 0.717) is 0 Å². The van der Waals surface area contributed by atoms with E-state index in [-0.39, 0.29) is 13.2 Å². The molecular formula is C15H22N2O6. The number of nitrogens with one attached hydrogen (secondary N) is 1. The van der Waals surface area contributed by atoms with E-state index < -0.39 is 30.6 Å². The van der Waals surface area contributed by atoms with Crippen LogP contribution < -0.4 is 5.32 Å². The quantitative estimate of drug-likeness (QED) is 0.509. The molecule has 0 aliphatic heterocycles. The van der Waals surface area contributed by atoms with Crippen molar-refractivity contribution in [2.24, 2.45) is 0 Å². The highest BCUT2D eigenvalue weighted by molar-refractivity contribution is 5.80. The van der Waals surface area contributed by atoms with Crippen molar-refractivity contribution in [2.45, 2.75) is 39.0 Å². The van der Waals surface area contributed by atoms with Crippen LogP contribution in [0.25, 0.3) is 0 Å². The van der Waals surface area contributed by atoms with Crippen molar-refractivity contribution in [2.75, 3.05) is 6.54 Å². The standard InChI is InChI=1S/C15H22N2O6/c1-10(18)17(11(2)19)8-13(14(20)21)16-15(22)23-9-12-6-4-3-5-7-12/h3-7,10-11,13,18-19H,8-9H2,1-2H3,(H,16,22)(H,20,21)/t10-,11-,13+/m0/s1. The summed E-state index contributed by atoms with van der Waals surface area (Å²) < 4.78 is 4.95. The highest BCUT2D eigenvalue weighted by Gasteiger charge is 2.27. The van der Waals surface area contributed by atoms with Gasteiger partial charge < -0.3 is 25.4 Å². The maximum atomic E-state index is 11.7. The van der Waals surface area contributed by atoms with Gasteiger partial charge in [-0.2, -0.15) is 0 Å². The second-order valence-electron chi connectivity index (χ2n) is 5.06. The zero-order valence-corrected chi connectivity index (χ0v) is 13.0. The van der Waals surface area contributed by atoms with Gasteiger partial charge in [-0.1, -0.05) is 30.3 Å². The van der Waals surface area contributed by atoms with Gasteiger partial charge >= 0.3 is 12.1 Å². The fourth-order valence-electron chi connectivity index (χ4n) is 1.92. The van der Waals surface area contributed by atoms with Crippen LogP contribution in [0, 0.1) is 0 Å². The summed E-state index contributed by atoms with van der Waals surface area (Å²) in [5.41, 5.74) is 0.768. The molecule has 4 N–H and O–H groups in total. The first-order valence-electron chi connectivity index (χ1n) is 7.13. The van der Waals surface area contributed by atoms with Gasteiger partial charge in [-0.25, -0.2) is 9.59 Å². The molecule has 0 heterocycles. The van der Waals surface area contributed by atoms with Gasteiger partial charge in [0.25, 0.3) is 0 Å². The second-order valence-corrected chi connectivity index (χ2v) is 5.06. The maximum Gasteiger partial charge on any atom is 0.408 e. The summed E-state index contributed by atoms with van der Waals surface area (Å²) in [7, 11) is 0. The van der Waals surface area contributed by atoms with Crippen molar-refractivity contribution in [3.8, 4) is 0 Å². The normalized spacial score (nSPS) is 14.8. The molecule has 0 bridgehead atoms. The van der Waals surface area contributed by atoms with E-state index >= 15 is 0 Å². The van der Waals surface area contributed by atoms with Gasteiger partial charge in [-0.3, -0.25) is 4.90 Å². The fourth-order valence-corrected chi connectivity index (χ4v) is 1.92. The lowest BCUT2D eigenvalue weighted by Crippen LogP contribution is -2.53. The SMILES string of the molecule is C[C@H](O)N(C[C@@H](NC(=O)OCc1ccccc1)C(=O)O)[C@H](C)O. The van der Waals surface area contributed by atoms with E-state index in [0.717, 1.165) is 10.5 Å². The third kappa shape index (κ3) is 6.64. The Morgan fingerprint density at radius 2 is 1.74 bits per heavy atom. The first kappa shape index (κ1) is 18.9. The number of carbonyl (C=O) groups excluding carboxylic acids is 1. The van der Waals surface area contributed by atoms with Crippen LogP contribution in [0.4, 0.5) is 4.79 Å². The molecule has 8 heteroatoms. The van der Waals surface area contributed by atoms with Crippen LogP contribution in [0.2, 0.25) is 0 Å². The van der Waals surface area contributed by atoms with Crippen molar-refractivity contribution in [3.05, 3.63) is 35.9 Å². The van der Waals surface area contributed by atoms with Gasteiger partial charge in [0.2, 0.25) is 0 Å². The molecule has 0 aromatic heterocycles. The van der Waals surface area contributed by atoms with Crippen molar-refractivity contribution in [1.29, 1.82) is 0 Å². The van der Waals surface area contributed by atoms with Gasteiger partial charge in [0, 0.05) is 6.54 Å². The lowest BCUT2D eigenvalue weighted by atomic mass is 10.2. The lowest BCUT2D eigenvalue weighted by Gasteiger charge is -2.30. The summed E-state index contributed by atoms with van der Waals surface area (Å²) in [5.74, 6) is -1.30. The number of nitrogens with zero attached hydrogens (tertiary/aromatic N) is 1. The third-order valence-electron chi connectivity index (χ3n) is 3.16. The lowest BCUT2D eigenvalue weighted by molar-refractivity contribution is -0.143. The number of aliphatic hydroxyl groups is 2. The van der Waals surface area contributed by atoms with Crippen LogP contribution >= 0.6 is 0 Å². The van der Waals surface area contributed by atoms with E-state index in [4.69, 9.17) is 9.84 Å². The number of ether oxygens (including phenoxy) is 1. The highest BCUT2D eigenvalue weighted by Crippen LogP contribution is 2.05. The molecule has 0 spiro atoms. The Hall–Kier alpha value is -2.16. The predicted molar refractivity (Wildman–Crippen MR) is 81.3 cm³/mol. The van der Waals surface area contributed by atoms with Gasteiger partial charge in [-0.15, -0.1) is 0 Å². The number of benzene rings is 1. The summed E-state index contributed by atoms with van der Waals surface area (Å²) in [5, 5.41) is 30.4. The zero-order valence-electron chi connectivity index (χ0n) is 13.0. The highest BCUT2D eigenvalue weighted by atomic mass is 16.5. The Morgan fingerprint density at radius 3 is 2.22 bits per heavy atom. The van der Waals surface area contributed by atoms with E-state index in [1.807, 2.05) is 6.07 Å². The molecule has 128 valence electrons. The number of rotatable bonds is 8. The number of alkyl carbamates (subject to hydrolysis) is 1. The smallest absolute Gasteiger partial charge is 0.408 e. The van der Waals surface area contributed by atoms with Crippen LogP contribution in [0.1, 0.15) is 19.4 Å². The van der Waals surface area contributed by atoms with Crippen LogP contribution in [-0.4, -0.2) is 57.3 Å². The van der Waals surface area contributed by atoms with Gasteiger partial charge in [0.1, 0.15) is 25.1 Å². The summed E-state index contributed by atoms with van der Waals surface area (Å²) in [4.78, 5) is 24.1. The molecule has 0 saturated carbocycles. The number of amides is 1. The van der Waals surface area contributed by atoms with Gasteiger partial charge in [0.15, 0.2) is 0 Å². The van der Waals surface area contributed by atoms with Crippen molar-refractivity contribution in [3.63, 3.8) is 0 Å². The molecule has 0 fully saturated rings. The summed E-state index contributed by atoms with van der Waals surface area (Å²) in [6.07, 6.45) is -3.03. The van der Waals surface area contributed by atoms with E-state index in [1.54, 1.807) is 24.3 Å². The molecule has 0 aliphatic rings. The molecule has 0 unspecified atom stereocenters. The minimum Gasteiger partial charge on any atom is -0.480 e. The van der Waals surface area contributed by atoms with E-state index in [2.05, 4.69) is 5.32 Å². The number of hydrogen-bond acceptors (Lipinski definition) is 6. The average Bonchev–Trinajstić information content (AvgIpc) is 2.49. The fraction of sp³-hybridized carbons (Fsp3) is 0.467. The number of carboxylic acid groups (broad SMARTS) is 1. The molecule has 1 aromatic rings. The van der Waals surface area contributed by atoms with Crippen molar-refractivity contribution < 1.29 is 29.6 Å². The number of carbonyl (C=O) groups is 2. The molecule has 1 rings (SSSR count). The Labute approximate surface area is 134 Å². The summed E-state index contributed by atoms with van der Waals surface area (Å²) in [6.45, 7) is 2.51. The maximum absolute atomic E-state index is 11.7. The summed E-state index contributed by atoms with van der Waals surface area (Å²) in [6, 6.07) is 7.61.